The third kappa shape index (κ3) is 7.09. The predicted octanol–water partition coefficient (Wildman–Crippen LogP) is 11.4. The maximum absolute atomic E-state index is 11.0. The molecule has 6 aromatic carbocycles. The minimum Gasteiger partial charge on any atom is -0.411 e. The molecule has 0 aliphatic heterocycles. The highest BCUT2D eigenvalue weighted by Crippen LogP contribution is 2.47. The zero-order chi connectivity index (χ0) is 41.1. The summed E-state index contributed by atoms with van der Waals surface area (Å²) >= 11 is 0. The summed E-state index contributed by atoms with van der Waals surface area (Å²) in [5.74, 6) is 1.25. The molecule has 0 spiro atoms. The van der Waals surface area contributed by atoms with E-state index in [4.69, 9.17) is 14.4 Å². The van der Waals surface area contributed by atoms with Crippen LogP contribution in [0.2, 0.25) is 18.1 Å². The molecule has 6 nitrogen and oxygen atoms in total. The van der Waals surface area contributed by atoms with Gasteiger partial charge in [-0.15, -0.1) is 0 Å². The highest BCUT2D eigenvalue weighted by Gasteiger charge is 2.45. The van der Waals surface area contributed by atoms with Gasteiger partial charge in [0.15, 0.2) is 20.0 Å². The van der Waals surface area contributed by atoms with Crippen LogP contribution in [0.1, 0.15) is 65.5 Å². The molecule has 8 aromatic rings. The molecule has 0 amide bonds. The van der Waals surface area contributed by atoms with E-state index < -0.39 is 19.4 Å². The van der Waals surface area contributed by atoms with Crippen molar-refractivity contribution in [2.45, 2.75) is 63.2 Å². The van der Waals surface area contributed by atoms with Gasteiger partial charge in [-0.2, -0.15) is 0 Å². The number of nitrogens with zero attached hydrogens (tertiary/aromatic N) is 4. The number of imidazole rings is 2. The van der Waals surface area contributed by atoms with E-state index in [1.165, 1.54) is 0 Å². The van der Waals surface area contributed by atoms with E-state index in [-0.39, 0.29) is 11.6 Å². The third-order valence-corrected chi connectivity index (χ3v) is 16.6. The van der Waals surface area contributed by atoms with Crippen molar-refractivity contribution in [3.05, 3.63) is 239 Å². The summed E-state index contributed by atoms with van der Waals surface area (Å²) in [6.07, 6.45) is 4.17. The smallest absolute Gasteiger partial charge is 0.192 e. The third-order valence-electron chi connectivity index (χ3n) is 12.1. The summed E-state index contributed by atoms with van der Waals surface area (Å²) in [5.41, 5.74) is 5.81. The van der Waals surface area contributed by atoms with Gasteiger partial charge in [-0.3, -0.25) is 0 Å². The molecular formula is C52H52N4O2Si. The average Bonchev–Trinajstić information content (AvgIpc) is 3.91. The van der Waals surface area contributed by atoms with Gasteiger partial charge in [0.05, 0.1) is 24.6 Å². The summed E-state index contributed by atoms with van der Waals surface area (Å²) in [4.78, 5) is 11.0. The van der Waals surface area contributed by atoms with E-state index in [1.54, 1.807) is 0 Å². The minimum absolute atomic E-state index is 0.00715. The molecule has 0 atom stereocenters. The lowest BCUT2D eigenvalue weighted by Crippen LogP contribution is -2.40. The first-order chi connectivity index (χ1) is 28.6. The van der Waals surface area contributed by atoms with Crippen LogP contribution in [-0.2, 0) is 28.7 Å². The van der Waals surface area contributed by atoms with Gasteiger partial charge in [-0.1, -0.05) is 203 Å². The number of rotatable bonds is 13. The quantitative estimate of drug-likeness (QED) is 0.0933. The van der Waals surface area contributed by atoms with Gasteiger partial charge in [0, 0.05) is 12.4 Å². The number of aliphatic hydroxyl groups excluding tert-OH is 1. The van der Waals surface area contributed by atoms with E-state index in [2.05, 4.69) is 213 Å². The maximum Gasteiger partial charge on any atom is 0.192 e. The largest absolute Gasteiger partial charge is 0.411 e. The molecule has 59 heavy (non-hydrogen) atoms. The molecule has 0 saturated heterocycles. The second kappa shape index (κ2) is 16.3. The van der Waals surface area contributed by atoms with Gasteiger partial charge >= 0.3 is 0 Å². The second-order valence-electron chi connectivity index (χ2n) is 16.7. The van der Waals surface area contributed by atoms with Crippen LogP contribution < -0.4 is 0 Å². The summed E-state index contributed by atoms with van der Waals surface area (Å²) in [6, 6.07) is 63.7. The fourth-order valence-electron chi connectivity index (χ4n) is 8.21. The Hall–Kier alpha value is -6.12. The van der Waals surface area contributed by atoms with Gasteiger partial charge < -0.3 is 18.7 Å². The molecule has 0 aliphatic carbocycles. The van der Waals surface area contributed by atoms with Crippen LogP contribution in [0.4, 0.5) is 0 Å². The normalized spacial score (nSPS) is 12.4. The molecule has 7 heteroatoms. The van der Waals surface area contributed by atoms with Crippen LogP contribution in [0, 0.1) is 0 Å². The Balaban J connectivity index is 1.53. The Labute approximate surface area is 349 Å². The Morgan fingerprint density at radius 3 is 1.00 bits per heavy atom. The predicted molar refractivity (Wildman–Crippen MR) is 241 cm³/mol. The summed E-state index contributed by atoms with van der Waals surface area (Å²) in [6.45, 7) is 11.4. The fraction of sp³-hybridized carbons (Fsp3) is 0.192. The SMILES string of the molecule is CC(C)(C)[Si](C)(C)OCc1cn(C(c2ccccc2)(c2ccccc2)c2ccccc2)c(-c2nc(CO)cn2C(c2ccccc2)(c2ccccc2)c2ccccc2)n1. The Morgan fingerprint density at radius 2 is 0.729 bits per heavy atom. The van der Waals surface area contributed by atoms with E-state index >= 15 is 0 Å². The van der Waals surface area contributed by atoms with Gasteiger partial charge in [0.25, 0.3) is 0 Å². The first-order valence-corrected chi connectivity index (χ1v) is 23.3. The molecular weight excluding hydrogens is 741 g/mol. The highest BCUT2D eigenvalue weighted by atomic mass is 28.4. The lowest BCUT2D eigenvalue weighted by Gasteiger charge is -2.40. The van der Waals surface area contributed by atoms with Crippen molar-refractivity contribution in [1.82, 2.24) is 19.1 Å². The molecule has 2 heterocycles. The average molecular weight is 793 g/mol. The number of hydrogen-bond acceptors (Lipinski definition) is 4. The maximum atomic E-state index is 11.0. The Kier molecular flexibility index (Phi) is 10.9. The minimum atomic E-state index is -2.19. The zero-order valence-corrected chi connectivity index (χ0v) is 35.5. The van der Waals surface area contributed by atoms with Crippen LogP contribution in [-0.4, -0.2) is 32.5 Å². The van der Waals surface area contributed by atoms with Crippen LogP contribution in [0.5, 0.6) is 0 Å². The highest BCUT2D eigenvalue weighted by molar-refractivity contribution is 6.74. The van der Waals surface area contributed by atoms with Crippen molar-refractivity contribution in [2.24, 2.45) is 0 Å². The van der Waals surface area contributed by atoms with E-state index in [0.717, 1.165) is 39.1 Å². The molecule has 0 bridgehead atoms. The van der Waals surface area contributed by atoms with E-state index in [9.17, 15) is 5.11 Å². The number of aliphatic hydroxyl groups is 1. The number of aromatic nitrogens is 4. The topological polar surface area (TPSA) is 65.1 Å². The van der Waals surface area contributed by atoms with Crippen LogP contribution in [0.3, 0.4) is 0 Å². The van der Waals surface area contributed by atoms with Gasteiger partial charge in [0.1, 0.15) is 11.1 Å². The lowest BCUT2D eigenvalue weighted by molar-refractivity contribution is 0.272. The van der Waals surface area contributed by atoms with Gasteiger partial charge in [-0.25, -0.2) is 9.97 Å². The van der Waals surface area contributed by atoms with E-state index in [0.29, 0.717) is 23.9 Å². The summed E-state index contributed by atoms with van der Waals surface area (Å²) < 4.78 is 11.5. The molecule has 2 aromatic heterocycles. The molecule has 0 radical (unpaired) electrons. The standard InChI is InChI=1S/C52H52N4O2Si/c1-50(2,3)59(4,5)58-39-47-37-56(52(43-30-18-9-19-31-43,44-32-20-10-21-33-44)45-34-22-11-23-35-45)49(54-47)48-53-46(38-57)36-55(48)51(40-24-12-6-13-25-40,41-26-14-7-15-27-41)42-28-16-8-17-29-42/h6-37,57H,38-39H2,1-5H3. The summed E-state index contributed by atoms with van der Waals surface area (Å²) in [5, 5.41) is 11.0. The van der Waals surface area contributed by atoms with Crippen molar-refractivity contribution >= 4 is 8.32 Å². The molecule has 0 saturated carbocycles. The van der Waals surface area contributed by atoms with Crippen molar-refractivity contribution in [3.63, 3.8) is 0 Å². The van der Waals surface area contributed by atoms with Crippen LogP contribution in [0.25, 0.3) is 11.6 Å². The molecule has 0 fully saturated rings. The van der Waals surface area contributed by atoms with Crippen LogP contribution >= 0.6 is 0 Å². The van der Waals surface area contributed by atoms with Gasteiger partial charge in [-0.05, 0) is 51.5 Å². The molecule has 296 valence electrons. The van der Waals surface area contributed by atoms with Crippen molar-refractivity contribution in [1.29, 1.82) is 0 Å². The first kappa shape index (κ1) is 39.7. The molecule has 8 rings (SSSR count). The Bertz CT molecular complexity index is 2390. The first-order valence-electron chi connectivity index (χ1n) is 20.4. The van der Waals surface area contributed by atoms with Crippen molar-refractivity contribution < 1.29 is 9.53 Å². The zero-order valence-electron chi connectivity index (χ0n) is 34.5. The fourth-order valence-corrected chi connectivity index (χ4v) is 9.15. The molecule has 1 N–H and O–H groups in total. The number of benzene rings is 6. The van der Waals surface area contributed by atoms with Crippen molar-refractivity contribution in [3.8, 4) is 11.6 Å². The molecule has 0 aliphatic rings. The number of hydrogen-bond donors (Lipinski definition) is 1. The lowest BCUT2D eigenvalue weighted by atomic mass is 9.76. The monoisotopic (exact) mass is 792 g/mol. The molecule has 0 unspecified atom stereocenters. The summed E-state index contributed by atoms with van der Waals surface area (Å²) in [7, 11) is -2.19. The van der Waals surface area contributed by atoms with E-state index in [1.807, 2.05) is 24.4 Å². The Morgan fingerprint density at radius 1 is 0.458 bits per heavy atom. The van der Waals surface area contributed by atoms with Crippen LogP contribution in [0.15, 0.2) is 194 Å². The van der Waals surface area contributed by atoms with Gasteiger partial charge in [0.2, 0.25) is 0 Å². The van der Waals surface area contributed by atoms with Crippen molar-refractivity contribution in [2.75, 3.05) is 0 Å². The second-order valence-corrected chi connectivity index (χ2v) is 21.5.